The van der Waals surface area contributed by atoms with Gasteiger partial charge in [0, 0.05) is 0 Å². The van der Waals surface area contributed by atoms with Crippen molar-refractivity contribution in [3.05, 3.63) is 83.4 Å². The number of carboxylic acid groups (broad SMARTS) is 2. The van der Waals surface area contributed by atoms with Crippen molar-refractivity contribution in [1.29, 1.82) is 0 Å². The molecule has 0 amide bonds. The molecule has 0 heterocycles. The van der Waals surface area contributed by atoms with E-state index in [-0.39, 0.29) is 0 Å². The number of aryl methyl sites for hydroxylation is 2. The summed E-state index contributed by atoms with van der Waals surface area (Å²) in [5.74, 6) is -1.73. The van der Waals surface area contributed by atoms with Crippen molar-refractivity contribution in [3.8, 4) is 0 Å². The van der Waals surface area contributed by atoms with Crippen LogP contribution in [0.3, 0.4) is 0 Å². The third kappa shape index (κ3) is 7.94. The number of carbonyl (C=O) groups is 2. The third-order valence-corrected chi connectivity index (χ3v) is 3.04. The standard InChI is InChI=1S/2C8H8O2.C4H8/c2*1-6-4-2-3-5-7(6)8(9)10;1-3-4-2/h2*2-5H,1H3,(H,9,10);3H,1,4H2,2H3. The number of aromatic carboxylic acids is 2. The smallest absolute Gasteiger partial charge is 0.335 e. The van der Waals surface area contributed by atoms with Gasteiger partial charge in [0.25, 0.3) is 0 Å². The molecule has 0 bridgehead atoms. The van der Waals surface area contributed by atoms with Gasteiger partial charge in [0.05, 0.1) is 11.1 Å². The number of rotatable bonds is 3. The second-order valence-corrected chi connectivity index (χ2v) is 4.94. The Kier molecular flexibility index (Phi) is 10.3. The van der Waals surface area contributed by atoms with Gasteiger partial charge in [-0.15, -0.1) is 6.58 Å². The van der Waals surface area contributed by atoms with Crippen molar-refractivity contribution in [2.45, 2.75) is 27.2 Å². The van der Waals surface area contributed by atoms with Gasteiger partial charge >= 0.3 is 11.9 Å². The number of allylic oxidation sites excluding steroid dienone is 1. The Balaban J connectivity index is 0.000000363. The van der Waals surface area contributed by atoms with E-state index in [2.05, 4.69) is 13.5 Å². The Bertz CT molecular complexity index is 619. The normalized spacial score (nSPS) is 8.79. The second kappa shape index (κ2) is 11.7. The van der Waals surface area contributed by atoms with Gasteiger partial charge in [-0.05, 0) is 43.5 Å². The molecular formula is C20H24O4. The molecule has 0 saturated heterocycles. The predicted molar refractivity (Wildman–Crippen MR) is 96.8 cm³/mol. The van der Waals surface area contributed by atoms with Crippen molar-refractivity contribution >= 4 is 11.9 Å². The van der Waals surface area contributed by atoms with Crippen LogP contribution in [0.1, 0.15) is 45.2 Å². The summed E-state index contributed by atoms with van der Waals surface area (Å²) >= 11 is 0. The fourth-order valence-electron chi connectivity index (χ4n) is 1.63. The maximum Gasteiger partial charge on any atom is 0.335 e. The Morgan fingerprint density at radius 1 is 0.875 bits per heavy atom. The lowest BCUT2D eigenvalue weighted by atomic mass is 10.1. The minimum absolute atomic E-state index is 0.377. The molecule has 0 atom stereocenters. The largest absolute Gasteiger partial charge is 0.478 e. The van der Waals surface area contributed by atoms with Crippen LogP contribution in [0.4, 0.5) is 0 Å². The molecule has 0 saturated carbocycles. The van der Waals surface area contributed by atoms with Crippen molar-refractivity contribution in [3.63, 3.8) is 0 Å². The van der Waals surface area contributed by atoms with Crippen LogP contribution < -0.4 is 0 Å². The van der Waals surface area contributed by atoms with Crippen molar-refractivity contribution in [1.82, 2.24) is 0 Å². The maximum atomic E-state index is 10.4. The van der Waals surface area contributed by atoms with Crippen LogP contribution in [-0.4, -0.2) is 22.2 Å². The average molecular weight is 328 g/mol. The van der Waals surface area contributed by atoms with Gasteiger partial charge in [0.2, 0.25) is 0 Å². The molecule has 2 rings (SSSR count). The lowest BCUT2D eigenvalue weighted by Crippen LogP contribution is -1.97. The zero-order valence-corrected chi connectivity index (χ0v) is 14.3. The molecule has 2 aromatic carbocycles. The first-order valence-electron chi connectivity index (χ1n) is 7.53. The highest BCUT2D eigenvalue weighted by Crippen LogP contribution is 2.06. The summed E-state index contributed by atoms with van der Waals surface area (Å²) in [6.07, 6.45) is 2.96. The molecule has 4 heteroatoms. The Labute approximate surface area is 143 Å². The summed E-state index contributed by atoms with van der Waals surface area (Å²) < 4.78 is 0. The molecule has 0 aliphatic heterocycles. The number of hydrogen-bond donors (Lipinski definition) is 2. The van der Waals surface area contributed by atoms with Gasteiger partial charge in [-0.25, -0.2) is 9.59 Å². The molecule has 2 N–H and O–H groups in total. The molecule has 0 aromatic heterocycles. The molecule has 0 aliphatic rings. The molecule has 2 aromatic rings. The SMILES string of the molecule is C=CCC.Cc1ccccc1C(=O)O.Cc1ccccc1C(=O)O. The fourth-order valence-corrected chi connectivity index (χ4v) is 1.63. The van der Waals surface area contributed by atoms with Crippen molar-refractivity contribution in [2.75, 3.05) is 0 Å². The third-order valence-electron chi connectivity index (χ3n) is 3.04. The maximum absolute atomic E-state index is 10.4. The lowest BCUT2D eigenvalue weighted by molar-refractivity contribution is 0.0685. The number of benzene rings is 2. The second-order valence-electron chi connectivity index (χ2n) is 4.94. The lowest BCUT2D eigenvalue weighted by Gasteiger charge is -1.96. The number of carboxylic acids is 2. The average Bonchev–Trinajstić information content (AvgIpc) is 2.56. The van der Waals surface area contributed by atoms with Gasteiger partial charge < -0.3 is 10.2 Å². The first-order chi connectivity index (χ1) is 11.3. The molecule has 4 nitrogen and oxygen atoms in total. The zero-order chi connectivity index (χ0) is 18.5. The van der Waals surface area contributed by atoms with Gasteiger partial charge in [-0.3, -0.25) is 0 Å². The van der Waals surface area contributed by atoms with Gasteiger partial charge in [0.15, 0.2) is 0 Å². The summed E-state index contributed by atoms with van der Waals surface area (Å²) in [5.41, 5.74) is 2.36. The van der Waals surface area contributed by atoms with Crippen LogP contribution in [0, 0.1) is 13.8 Å². The summed E-state index contributed by atoms with van der Waals surface area (Å²) in [4.78, 5) is 20.8. The highest BCUT2D eigenvalue weighted by molar-refractivity contribution is 5.89. The molecule has 0 spiro atoms. The molecular weight excluding hydrogens is 304 g/mol. The summed E-state index contributed by atoms with van der Waals surface area (Å²) in [5, 5.41) is 17.1. The first-order valence-corrected chi connectivity index (χ1v) is 7.53. The minimum atomic E-state index is -0.863. The topological polar surface area (TPSA) is 74.6 Å². The van der Waals surface area contributed by atoms with Crippen LogP contribution in [0.15, 0.2) is 61.2 Å². The highest BCUT2D eigenvalue weighted by Gasteiger charge is 2.03. The minimum Gasteiger partial charge on any atom is -0.478 e. The molecule has 128 valence electrons. The monoisotopic (exact) mass is 328 g/mol. The van der Waals surface area contributed by atoms with Crippen LogP contribution in [0.25, 0.3) is 0 Å². The Morgan fingerprint density at radius 3 is 1.33 bits per heavy atom. The zero-order valence-electron chi connectivity index (χ0n) is 14.3. The summed E-state index contributed by atoms with van der Waals surface area (Å²) in [7, 11) is 0. The van der Waals surface area contributed by atoms with E-state index in [1.54, 1.807) is 50.2 Å². The van der Waals surface area contributed by atoms with Crippen LogP contribution in [0.5, 0.6) is 0 Å². The van der Waals surface area contributed by atoms with Gasteiger partial charge in [-0.2, -0.15) is 0 Å². The Hall–Kier alpha value is -2.88. The van der Waals surface area contributed by atoms with Crippen molar-refractivity contribution < 1.29 is 19.8 Å². The molecule has 24 heavy (non-hydrogen) atoms. The van der Waals surface area contributed by atoms with Crippen molar-refractivity contribution in [2.24, 2.45) is 0 Å². The van der Waals surface area contributed by atoms with E-state index in [1.165, 1.54) is 0 Å². The molecule has 0 unspecified atom stereocenters. The van der Waals surface area contributed by atoms with E-state index in [1.807, 2.05) is 18.2 Å². The van der Waals surface area contributed by atoms with E-state index in [0.717, 1.165) is 17.5 Å². The van der Waals surface area contributed by atoms with Gasteiger partial charge in [0.1, 0.15) is 0 Å². The quantitative estimate of drug-likeness (QED) is 0.780. The van der Waals surface area contributed by atoms with Crippen LogP contribution in [0.2, 0.25) is 0 Å². The van der Waals surface area contributed by atoms with E-state index >= 15 is 0 Å². The van der Waals surface area contributed by atoms with Crippen LogP contribution in [-0.2, 0) is 0 Å². The van der Waals surface area contributed by atoms with Crippen LogP contribution >= 0.6 is 0 Å². The first kappa shape index (κ1) is 21.1. The fraction of sp³-hybridized carbons (Fsp3) is 0.200. The highest BCUT2D eigenvalue weighted by atomic mass is 16.4. The van der Waals surface area contributed by atoms with Gasteiger partial charge in [-0.1, -0.05) is 49.4 Å². The van der Waals surface area contributed by atoms with E-state index in [9.17, 15) is 9.59 Å². The predicted octanol–water partition coefficient (Wildman–Crippen LogP) is 4.97. The Morgan fingerprint density at radius 2 is 1.17 bits per heavy atom. The molecule has 0 fully saturated rings. The molecule has 0 radical (unpaired) electrons. The van der Waals surface area contributed by atoms with E-state index < -0.39 is 11.9 Å². The summed E-state index contributed by atoms with van der Waals surface area (Å²) in [6, 6.07) is 13.8. The molecule has 0 aliphatic carbocycles. The number of hydrogen-bond acceptors (Lipinski definition) is 2. The van der Waals surface area contributed by atoms with E-state index in [0.29, 0.717) is 11.1 Å². The van der Waals surface area contributed by atoms with E-state index in [4.69, 9.17) is 10.2 Å². The summed E-state index contributed by atoms with van der Waals surface area (Å²) in [6.45, 7) is 9.10.